The maximum absolute atomic E-state index is 6.13. The molecule has 0 unspecified atom stereocenters. The quantitative estimate of drug-likeness (QED) is 0.443. The molecule has 0 aliphatic heterocycles. The molecule has 0 saturated carbocycles. The van der Waals surface area contributed by atoms with E-state index in [1.54, 1.807) is 12.1 Å². The summed E-state index contributed by atoms with van der Waals surface area (Å²) in [6.45, 7) is 7.82. The van der Waals surface area contributed by atoms with Crippen LogP contribution < -0.4 is 4.43 Å². The van der Waals surface area contributed by atoms with Crippen LogP contribution >= 0.6 is 34.8 Å². The zero-order valence-electron chi connectivity index (χ0n) is 9.19. The maximum atomic E-state index is 6.13. The first-order valence-corrected chi connectivity index (χ1v) is 8.82. The van der Waals surface area contributed by atoms with Crippen LogP contribution in [0.25, 0.3) is 0 Å². The van der Waals surface area contributed by atoms with Crippen LogP contribution in [0.4, 0.5) is 0 Å². The van der Waals surface area contributed by atoms with Crippen molar-refractivity contribution in [3.63, 3.8) is 0 Å². The van der Waals surface area contributed by atoms with Crippen molar-refractivity contribution in [2.24, 2.45) is 0 Å². The average Bonchev–Trinajstić information content (AvgIpc) is 2.19. The molecule has 0 radical (unpaired) electrons. The summed E-state index contributed by atoms with van der Waals surface area (Å²) in [6, 6.07) is 1.62. The molecule has 1 aromatic carbocycles. The van der Waals surface area contributed by atoms with E-state index in [9.17, 15) is 0 Å². The van der Waals surface area contributed by atoms with E-state index in [0.717, 1.165) is 5.56 Å². The highest BCUT2D eigenvalue weighted by molar-refractivity contribution is 6.50. The summed E-state index contributed by atoms with van der Waals surface area (Å²) < 4.78 is 5.78. The van der Waals surface area contributed by atoms with Gasteiger partial charge in [-0.2, -0.15) is 0 Å². The van der Waals surface area contributed by atoms with Gasteiger partial charge in [0, 0.05) is 5.56 Å². The molecular formula is C11H13Cl3OSi. The predicted octanol–water partition coefficient (Wildman–Crippen LogP) is 4.74. The molecule has 0 aliphatic rings. The standard InChI is InChI=1S/C11H13Cl3OSi/c1-4-5-7-10(14)8(12)6-9(13)11(7)15-16(2)3/h4,6,16H,1,5H2,2-3H3. The van der Waals surface area contributed by atoms with Crippen molar-refractivity contribution in [3.05, 3.63) is 39.4 Å². The van der Waals surface area contributed by atoms with Gasteiger partial charge in [0.15, 0.2) is 0 Å². The fourth-order valence-corrected chi connectivity index (χ4v) is 2.90. The van der Waals surface area contributed by atoms with Crippen molar-refractivity contribution in [1.29, 1.82) is 0 Å². The molecule has 0 bridgehead atoms. The molecule has 0 aliphatic carbocycles. The van der Waals surface area contributed by atoms with Crippen LogP contribution in [0, 0.1) is 0 Å². The third kappa shape index (κ3) is 3.17. The molecule has 1 aromatic rings. The topological polar surface area (TPSA) is 9.23 Å². The minimum absolute atomic E-state index is 0.446. The molecule has 5 heteroatoms. The molecule has 0 atom stereocenters. The van der Waals surface area contributed by atoms with Crippen LogP contribution in [0.2, 0.25) is 28.2 Å². The zero-order valence-corrected chi connectivity index (χ0v) is 12.6. The van der Waals surface area contributed by atoms with Crippen molar-refractivity contribution in [3.8, 4) is 5.75 Å². The normalized spacial score (nSPS) is 10.6. The van der Waals surface area contributed by atoms with Gasteiger partial charge in [-0.25, -0.2) is 0 Å². The van der Waals surface area contributed by atoms with Crippen LogP contribution in [0.15, 0.2) is 18.7 Å². The average molecular weight is 296 g/mol. The van der Waals surface area contributed by atoms with E-state index >= 15 is 0 Å². The van der Waals surface area contributed by atoms with Gasteiger partial charge in [-0.05, 0) is 25.6 Å². The maximum Gasteiger partial charge on any atom is 0.229 e. The summed E-state index contributed by atoms with van der Waals surface area (Å²) in [5.74, 6) is 0.651. The highest BCUT2D eigenvalue weighted by atomic mass is 35.5. The summed E-state index contributed by atoms with van der Waals surface area (Å²) in [6.07, 6.45) is 2.35. The monoisotopic (exact) mass is 294 g/mol. The van der Waals surface area contributed by atoms with E-state index in [1.165, 1.54) is 0 Å². The molecule has 0 spiro atoms. The molecule has 88 valence electrons. The Kier molecular flexibility index (Phi) is 5.19. The Labute approximate surface area is 113 Å². The Balaban J connectivity index is 3.31. The lowest BCUT2D eigenvalue weighted by Crippen LogP contribution is -2.13. The Hall–Kier alpha value is -0.153. The zero-order chi connectivity index (χ0) is 12.3. The molecule has 16 heavy (non-hydrogen) atoms. The number of hydrogen-bond donors (Lipinski definition) is 0. The third-order valence-corrected chi connectivity index (χ3v) is 3.74. The van der Waals surface area contributed by atoms with Crippen LogP contribution in [0.1, 0.15) is 5.56 Å². The number of rotatable bonds is 4. The first kappa shape index (κ1) is 13.9. The number of allylic oxidation sites excluding steroid dienone is 1. The van der Waals surface area contributed by atoms with Gasteiger partial charge in [0.1, 0.15) is 5.75 Å². The van der Waals surface area contributed by atoms with Crippen molar-refractivity contribution in [1.82, 2.24) is 0 Å². The van der Waals surface area contributed by atoms with Crippen molar-refractivity contribution in [2.45, 2.75) is 19.5 Å². The Bertz CT molecular complexity index is 405. The first-order valence-electron chi connectivity index (χ1n) is 4.91. The lowest BCUT2D eigenvalue weighted by molar-refractivity contribution is 0.574. The number of halogens is 3. The molecule has 1 rings (SSSR count). The lowest BCUT2D eigenvalue weighted by atomic mass is 10.1. The van der Waals surface area contributed by atoms with Gasteiger partial charge in [-0.15, -0.1) is 6.58 Å². The van der Waals surface area contributed by atoms with Gasteiger partial charge in [-0.1, -0.05) is 40.9 Å². The van der Waals surface area contributed by atoms with Crippen LogP contribution in [-0.4, -0.2) is 9.04 Å². The Morgan fingerprint density at radius 3 is 2.44 bits per heavy atom. The van der Waals surface area contributed by atoms with Crippen LogP contribution in [0.3, 0.4) is 0 Å². The molecule has 0 saturated heterocycles. The SMILES string of the molecule is C=CCc1c(Cl)c(Cl)cc(Cl)c1O[SiH](C)C. The van der Waals surface area contributed by atoms with Crippen LogP contribution in [-0.2, 0) is 6.42 Å². The molecule has 1 nitrogen and oxygen atoms in total. The number of benzene rings is 1. The molecule has 0 fully saturated rings. The van der Waals surface area contributed by atoms with Gasteiger partial charge in [0.2, 0.25) is 9.04 Å². The van der Waals surface area contributed by atoms with Crippen molar-refractivity contribution < 1.29 is 4.43 Å². The van der Waals surface area contributed by atoms with Crippen LogP contribution in [0.5, 0.6) is 5.75 Å². The third-order valence-electron chi connectivity index (χ3n) is 1.92. The second-order valence-electron chi connectivity index (χ2n) is 3.62. The second-order valence-corrected chi connectivity index (χ2v) is 7.15. The van der Waals surface area contributed by atoms with E-state index in [4.69, 9.17) is 39.2 Å². The summed E-state index contributed by atoms with van der Waals surface area (Å²) in [5.41, 5.74) is 0.815. The van der Waals surface area contributed by atoms with Gasteiger partial charge >= 0.3 is 0 Å². The van der Waals surface area contributed by atoms with Crippen molar-refractivity contribution >= 4 is 43.8 Å². The first-order chi connectivity index (χ1) is 7.47. The van der Waals surface area contributed by atoms with E-state index in [1.807, 2.05) is 0 Å². The smallest absolute Gasteiger partial charge is 0.229 e. The summed E-state index contributed by atoms with van der Waals surface area (Å²) >= 11 is 18.2. The summed E-state index contributed by atoms with van der Waals surface area (Å²) in [5, 5.41) is 1.45. The Morgan fingerprint density at radius 2 is 1.94 bits per heavy atom. The highest BCUT2D eigenvalue weighted by Crippen LogP contribution is 2.39. The fourth-order valence-electron chi connectivity index (χ4n) is 1.32. The molecule has 0 heterocycles. The van der Waals surface area contributed by atoms with E-state index in [0.29, 0.717) is 27.2 Å². The van der Waals surface area contributed by atoms with E-state index in [2.05, 4.69) is 19.7 Å². The minimum atomic E-state index is -1.24. The Morgan fingerprint density at radius 1 is 1.31 bits per heavy atom. The van der Waals surface area contributed by atoms with Gasteiger partial charge in [0.25, 0.3) is 0 Å². The van der Waals surface area contributed by atoms with Crippen molar-refractivity contribution in [2.75, 3.05) is 0 Å². The summed E-state index contributed by atoms with van der Waals surface area (Å²) in [7, 11) is -1.24. The fraction of sp³-hybridized carbons (Fsp3) is 0.273. The van der Waals surface area contributed by atoms with E-state index in [-0.39, 0.29) is 0 Å². The molecular weight excluding hydrogens is 283 g/mol. The minimum Gasteiger partial charge on any atom is -0.546 e. The highest BCUT2D eigenvalue weighted by Gasteiger charge is 2.16. The van der Waals surface area contributed by atoms with Gasteiger partial charge in [0.05, 0.1) is 15.1 Å². The number of hydrogen-bond acceptors (Lipinski definition) is 1. The predicted molar refractivity (Wildman–Crippen MR) is 74.9 cm³/mol. The van der Waals surface area contributed by atoms with Gasteiger partial charge < -0.3 is 4.43 Å². The summed E-state index contributed by atoms with van der Waals surface area (Å²) in [4.78, 5) is 0. The molecule has 0 aromatic heterocycles. The van der Waals surface area contributed by atoms with Gasteiger partial charge in [-0.3, -0.25) is 0 Å². The molecule has 0 N–H and O–H groups in total. The second kappa shape index (κ2) is 5.96. The van der Waals surface area contributed by atoms with E-state index < -0.39 is 9.04 Å². The largest absolute Gasteiger partial charge is 0.546 e. The molecule has 0 amide bonds. The lowest BCUT2D eigenvalue weighted by Gasteiger charge is -2.17.